The molecule has 2 atom stereocenters. The summed E-state index contributed by atoms with van der Waals surface area (Å²) in [6.07, 6.45) is 3.02. The molecule has 1 heterocycles. The van der Waals surface area contributed by atoms with Crippen LogP contribution in [0.25, 0.3) is 21.5 Å². The van der Waals surface area contributed by atoms with Crippen molar-refractivity contribution in [2.45, 2.75) is 38.3 Å². The lowest BCUT2D eigenvalue weighted by atomic mass is 9.95. The molecular formula is C28H27NO2. The predicted octanol–water partition coefficient (Wildman–Crippen LogP) is 6.46. The second-order valence-electron chi connectivity index (χ2n) is 8.39. The van der Waals surface area contributed by atoms with E-state index in [2.05, 4.69) is 37.3 Å². The highest BCUT2D eigenvalue weighted by atomic mass is 16.5. The largest absolute Gasteiger partial charge is 0.488 e. The predicted molar refractivity (Wildman–Crippen MR) is 127 cm³/mol. The summed E-state index contributed by atoms with van der Waals surface area (Å²) in [6.45, 7) is 2.87. The quantitative estimate of drug-likeness (QED) is 0.387. The number of benzene rings is 4. The van der Waals surface area contributed by atoms with E-state index in [-0.39, 0.29) is 18.1 Å². The standard InChI is InChI=1S/C28H27NO2/c1-20(31-27-18-9-13-22-11-3-5-15-24(22)27)26-17-6-7-19-29(26)28(30)25-16-8-12-21-10-2-4-14-23(21)25/h2-5,8-16,18,20,26H,6-7,17,19H2,1H3. The average Bonchev–Trinajstić information content (AvgIpc) is 2.83. The van der Waals surface area contributed by atoms with Gasteiger partial charge >= 0.3 is 0 Å². The molecule has 31 heavy (non-hydrogen) atoms. The monoisotopic (exact) mass is 409 g/mol. The highest BCUT2D eigenvalue weighted by Crippen LogP contribution is 2.30. The van der Waals surface area contributed by atoms with E-state index < -0.39 is 0 Å². The Kier molecular flexibility index (Phi) is 5.33. The van der Waals surface area contributed by atoms with Gasteiger partial charge in [0, 0.05) is 17.5 Å². The van der Waals surface area contributed by atoms with Gasteiger partial charge in [0.1, 0.15) is 11.9 Å². The molecule has 0 spiro atoms. The maximum absolute atomic E-state index is 13.7. The highest BCUT2D eigenvalue weighted by Gasteiger charge is 2.33. The molecule has 3 heteroatoms. The summed E-state index contributed by atoms with van der Waals surface area (Å²) < 4.78 is 6.48. The highest BCUT2D eigenvalue weighted by molar-refractivity contribution is 6.07. The Labute approximate surface area is 183 Å². The molecule has 0 radical (unpaired) electrons. The van der Waals surface area contributed by atoms with Crippen molar-refractivity contribution < 1.29 is 9.53 Å². The Balaban J connectivity index is 1.44. The first-order chi connectivity index (χ1) is 15.2. The number of carbonyl (C=O) groups is 1. The van der Waals surface area contributed by atoms with Crippen molar-refractivity contribution in [3.05, 3.63) is 90.5 Å². The van der Waals surface area contributed by atoms with Crippen LogP contribution in [0.3, 0.4) is 0 Å². The van der Waals surface area contributed by atoms with E-state index in [4.69, 9.17) is 4.74 Å². The first kappa shape index (κ1) is 19.6. The van der Waals surface area contributed by atoms with Crippen molar-refractivity contribution in [1.29, 1.82) is 0 Å². The lowest BCUT2D eigenvalue weighted by Gasteiger charge is -2.39. The van der Waals surface area contributed by atoms with Crippen LogP contribution in [-0.2, 0) is 0 Å². The van der Waals surface area contributed by atoms with Gasteiger partial charge in [0.25, 0.3) is 5.91 Å². The molecule has 1 aliphatic rings. The molecule has 0 saturated carbocycles. The van der Waals surface area contributed by atoms with Crippen molar-refractivity contribution >= 4 is 27.5 Å². The van der Waals surface area contributed by atoms with Crippen molar-refractivity contribution in [3.63, 3.8) is 0 Å². The van der Waals surface area contributed by atoms with Crippen molar-refractivity contribution in [1.82, 2.24) is 4.90 Å². The number of hydrogen-bond acceptors (Lipinski definition) is 2. The van der Waals surface area contributed by atoms with Crippen LogP contribution in [0.15, 0.2) is 84.9 Å². The molecule has 4 aromatic rings. The first-order valence-electron chi connectivity index (χ1n) is 11.2. The van der Waals surface area contributed by atoms with Crippen LogP contribution in [-0.4, -0.2) is 29.5 Å². The van der Waals surface area contributed by atoms with Gasteiger partial charge < -0.3 is 9.64 Å². The van der Waals surface area contributed by atoms with Crippen LogP contribution >= 0.6 is 0 Å². The Morgan fingerprint density at radius 1 is 0.839 bits per heavy atom. The molecule has 4 aromatic carbocycles. The SMILES string of the molecule is CC(Oc1cccc2ccccc12)C1CCCCN1C(=O)c1cccc2ccccc12. The van der Waals surface area contributed by atoms with E-state index in [9.17, 15) is 4.79 Å². The van der Waals surface area contributed by atoms with Crippen LogP contribution in [0.5, 0.6) is 5.75 Å². The zero-order chi connectivity index (χ0) is 21.2. The topological polar surface area (TPSA) is 29.5 Å². The van der Waals surface area contributed by atoms with Gasteiger partial charge in [-0.05, 0) is 54.5 Å². The van der Waals surface area contributed by atoms with Crippen molar-refractivity contribution in [3.8, 4) is 5.75 Å². The summed E-state index contributed by atoms with van der Waals surface area (Å²) in [4.78, 5) is 15.7. The maximum atomic E-state index is 13.7. The van der Waals surface area contributed by atoms with Gasteiger partial charge in [-0.3, -0.25) is 4.79 Å². The molecule has 2 unspecified atom stereocenters. The van der Waals surface area contributed by atoms with Gasteiger partial charge in [0.15, 0.2) is 0 Å². The van der Waals surface area contributed by atoms with E-state index in [0.717, 1.165) is 53.3 Å². The van der Waals surface area contributed by atoms with Crippen LogP contribution in [0.1, 0.15) is 36.5 Å². The molecule has 3 nitrogen and oxygen atoms in total. The second kappa shape index (κ2) is 8.43. The van der Waals surface area contributed by atoms with Crippen molar-refractivity contribution in [2.75, 3.05) is 6.54 Å². The van der Waals surface area contributed by atoms with Crippen LogP contribution in [0.2, 0.25) is 0 Å². The molecule has 1 fully saturated rings. The zero-order valence-electron chi connectivity index (χ0n) is 17.8. The number of amides is 1. The van der Waals surface area contributed by atoms with Gasteiger partial charge in [-0.25, -0.2) is 0 Å². The number of carbonyl (C=O) groups excluding carboxylic acids is 1. The number of nitrogens with zero attached hydrogens (tertiary/aromatic N) is 1. The van der Waals surface area contributed by atoms with Gasteiger partial charge in [0.2, 0.25) is 0 Å². The van der Waals surface area contributed by atoms with Crippen LogP contribution in [0.4, 0.5) is 0 Å². The normalized spacial score (nSPS) is 17.6. The zero-order valence-corrected chi connectivity index (χ0v) is 17.8. The molecular weight excluding hydrogens is 382 g/mol. The fourth-order valence-electron chi connectivity index (χ4n) is 4.84. The summed E-state index contributed by atoms with van der Waals surface area (Å²) in [7, 11) is 0. The Bertz CT molecular complexity index is 1220. The molecule has 1 aliphatic heterocycles. The summed E-state index contributed by atoms with van der Waals surface area (Å²) in [6, 6.07) is 28.6. The third-order valence-electron chi connectivity index (χ3n) is 6.43. The second-order valence-corrected chi connectivity index (χ2v) is 8.39. The summed E-state index contributed by atoms with van der Waals surface area (Å²) in [5, 5.41) is 4.39. The van der Waals surface area contributed by atoms with E-state index in [1.54, 1.807) is 0 Å². The Morgan fingerprint density at radius 3 is 2.29 bits per heavy atom. The fraction of sp³-hybridized carbons (Fsp3) is 0.250. The third-order valence-corrected chi connectivity index (χ3v) is 6.43. The number of fused-ring (bicyclic) bond motifs is 2. The van der Waals surface area contributed by atoms with E-state index >= 15 is 0 Å². The summed E-state index contributed by atoms with van der Waals surface area (Å²) in [5.74, 6) is 0.989. The summed E-state index contributed by atoms with van der Waals surface area (Å²) >= 11 is 0. The van der Waals surface area contributed by atoms with E-state index in [1.165, 1.54) is 5.39 Å². The minimum atomic E-state index is -0.0926. The maximum Gasteiger partial charge on any atom is 0.254 e. The summed E-state index contributed by atoms with van der Waals surface area (Å²) in [5.41, 5.74) is 0.780. The van der Waals surface area contributed by atoms with Gasteiger partial charge in [-0.2, -0.15) is 0 Å². The van der Waals surface area contributed by atoms with E-state index in [1.807, 2.05) is 59.5 Å². The molecule has 5 rings (SSSR count). The van der Waals surface area contributed by atoms with Gasteiger partial charge in [-0.1, -0.05) is 72.8 Å². The Morgan fingerprint density at radius 2 is 1.48 bits per heavy atom. The first-order valence-corrected chi connectivity index (χ1v) is 11.2. The molecule has 1 saturated heterocycles. The number of hydrogen-bond donors (Lipinski definition) is 0. The Hall–Kier alpha value is -3.33. The van der Waals surface area contributed by atoms with Gasteiger partial charge in [0.05, 0.1) is 6.04 Å². The lowest BCUT2D eigenvalue weighted by molar-refractivity contribution is 0.0359. The van der Waals surface area contributed by atoms with E-state index in [0.29, 0.717) is 0 Å². The molecule has 0 bridgehead atoms. The number of rotatable bonds is 4. The molecule has 0 aromatic heterocycles. The molecule has 1 amide bonds. The van der Waals surface area contributed by atoms with Crippen LogP contribution in [0, 0.1) is 0 Å². The molecule has 156 valence electrons. The third kappa shape index (κ3) is 3.76. The van der Waals surface area contributed by atoms with Crippen molar-refractivity contribution in [2.24, 2.45) is 0 Å². The smallest absolute Gasteiger partial charge is 0.254 e. The fourth-order valence-corrected chi connectivity index (χ4v) is 4.84. The molecule has 0 N–H and O–H groups in total. The number of piperidine rings is 1. The average molecular weight is 410 g/mol. The minimum absolute atomic E-state index is 0.0548. The molecule has 0 aliphatic carbocycles. The lowest BCUT2D eigenvalue weighted by Crippen LogP contribution is -2.50. The minimum Gasteiger partial charge on any atom is -0.488 e. The van der Waals surface area contributed by atoms with Crippen LogP contribution < -0.4 is 4.74 Å². The number of ether oxygens (including phenoxy) is 1. The number of likely N-dealkylation sites (tertiary alicyclic amines) is 1. The van der Waals surface area contributed by atoms with Gasteiger partial charge in [-0.15, -0.1) is 0 Å².